The molecule has 3 nitrogen and oxygen atoms in total. The van der Waals surface area contributed by atoms with Gasteiger partial charge in [0.2, 0.25) is 0 Å². The van der Waals surface area contributed by atoms with Crippen LogP contribution < -0.4 is 11.3 Å². The third-order valence-corrected chi connectivity index (χ3v) is 3.59. The highest BCUT2D eigenvalue weighted by atomic mass is 32.2. The zero-order valence-corrected chi connectivity index (χ0v) is 9.02. The third kappa shape index (κ3) is 2.98. The lowest BCUT2D eigenvalue weighted by Gasteiger charge is -2.37. The summed E-state index contributed by atoms with van der Waals surface area (Å²) in [6, 6.07) is 0.886. The largest absolute Gasteiger partial charge is 0.300 e. The van der Waals surface area contributed by atoms with E-state index in [1.54, 1.807) is 0 Å². The summed E-state index contributed by atoms with van der Waals surface area (Å²) >= 11 is 2.00. The Hall–Kier alpha value is -0.0300. The fourth-order valence-corrected chi connectivity index (χ4v) is 2.96. The zero-order valence-electron chi connectivity index (χ0n) is 8.20. The highest BCUT2D eigenvalue weighted by Crippen LogP contribution is 2.18. The number of hydrazine groups is 1. The molecule has 0 bridgehead atoms. The van der Waals surface area contributed by atoms with Gasteiger partial charge in [-0.15, -0.1) is 6.58 Å². The van der Waals surface area contributed by atoms with E-state index in [2.05, 4.69) is 24.0 Å². The second kappa shape index (κ2) is 5.65. The van der Waals surface area contributed by atoms with E-state index >= 15 is 0 Å². The van der Waals surface area contributed by atoms with Gasteiger partial charge in [-0.05, 0) is 13.5 Å². The molecule has 3 N–H and O–H groups in total. The van der Waals surface area contributed by atoms with Crippen LogP contribution in [0.25, 0.3) is 0 Å². The first-order valence-electron chi connectivity index (χ1n) is 4.64. The average molecular weight is 201 g/mol. The number of likely N-dealkylation sites (N-methyl/N-ethyl adjacent to an activating group) is 1. The number of hydrogen-bond acceptors (Lipinski definition) is 4. The Balaban J connectivity index is 2.49. The van der Waals surface area contributed by atoms with Crippen LogP contribution in [0.3, 0.4) is 0 Å². The quantitative estimate of drug-likeness (QED) is 0.393. The van der Waals surface area contributed by atoms with Gasteiger partial charge in [0.25, 0.3) is 0 Å². The van der Waals surface area contributed by atoms with Crippen molar-refractivity contribution in [2.75, 3.05) is 25.1 Å². The lowest BCUT2D eigenvalue weighted by Crippen LogP contribution is -2.54. The summed E-state index contributed by atoms with van der Waals surface area (Å²) in [6.45, 7) is 4.90. The summed E-state index contributed by atoms with van der Waals surface area (Å²) in [5.74, 6) is 7.92. The van der Waals surface area contributed by atoms with Gasteiger partial charge in [-0.2, -0.15) is 11.8 Å². The molecule has 13 heavy (non-hydrogen) atoms. The first-order chi connectivity index (χ1) is 6.29. The van der Waals surface area contributed by atoms with Crippen LogP contribution in [-0.2, 0) is 0 Å². The maximum absolute atomic E-state index is 5.52. The van der Waals surface area contributed by atoms with Crippen LogP contribution >= 0.6 is 11.8 Å². The molecule has 0 amide bonds. The second-order valence-electron chi connectivity index (χ2n) is 3.42. The molecule has 1 rings (SSSR count). The van der Waals surface area contributed by atoms with Gasteiger partial charge in [0, 0.05) is 30.1 Å². The van der Waals surface area contributed by atoms with Gasteiger partial charge < -0.3 is 4.90 Å². The van der Waals surface area contributed by atoms with Crippen molar-refractivity contribution in [3.05, 3.63) is 12.7 Å². The fraction of sp³-hybridized carbons (Fsp3) is 0.778. The second-order valence-corrected chi connectivity index (χ2v) is 4.57. The molecule has 0 radical (unpaired) electrons. The standard InChI is InChI=1S/C9H19N3S/c1-3-4-8(11-10)9-7-13-6-5-12(9)2/h3,8-9,11H,1,4-7,10H2,2H3. The van der Waals surface area contributed by atoms with E-state index in [1.807, 2.05) is 17.8 Å². The van der Waals surface area contributed by atoms with Crippen LogP contribution in [0.2, 0.25) is 0 Å². The molecule has 0 aliphatic carbocycles. The van der Waals surface area contributed by atoms with Gasteiger partial charge >= 0.3 is 0 Å². The Labute approximate surface area is 84.7 Å². The molecular weight excluding hydrogens is 182 g/mol. The lowest BCUT2D eigenvalue weighted by atomic mass is 10.1. The third-order valence-electron chi connectivity index (χ3n) is 2.54. The summed E-state index contributed by atoms with van der Waals surface area (Å²) < 4.78 is 0. The molecule has 0 aromatic heterocycles. The molecule has 0 spiro atoms. The molecule has 4 heteroatoms. The molecule has 1 heterocycles. The molecule has 1 aliphatic rings. The van der Waals surface area contributed by atoms with Gasteiger partial charge in [-0.3, -0.25) is 11.3 Å². The van der Waals surface area contributed by atoms with Crippen molar-refractivity contribution in [3.63, 3.8) is 0 Å². The minimum atomic E-state index is 0.343. The summed E-state index contributed by atoms with van der Waals surface area (Å²) in [5, 5.41) is 0. The van der Waals surface area contributed by atoms with Crippen molar-refractivity contribution in [2.24, 2.45) is 5.84 Å². The average Bonchev–Trinajstić information content (AvgIpc) is 2.16. The van der Waals surface area contributed by atoms with Crippen LogP contribution in [0.1, 0.15) is 6.42 Å². The summed E-state index contributed by atoms with van der Waals surface area (Å²) in [4.78, 5) is 2.38. The van der Waals surface area contributed by atoms with Crippen molar-refractivity contribution in [1.29, 1.82) is 0 Å². The van der Waals surface area contributed by atoms with Crippen LogP contribution in [0, 0.1) is 0 Å². The number of thioether (sulfide) groups is 1. The van der Waals surface area contributed by atoms with Crippen LogP contribution in [0.5, 0.6) is 0 Å². The number of nitrogens with two attached hydrogens (primary N) is 1. The van der Waals surface area contributed by atoms with Crippen molar-refractivity contribution in [3.8, 4) is 0 Å². The molecule has 76 valence electrons. The van der Waals surface area contributed by atoms with Crippen LogP contribution in [-0.4, -0.2) is 42.1 Å². The van der Waals surface area contributed by atoms with Crippen LogP contribution in [0.4, 0.5) is 0 Å². The topological polar surface area (TPSA) is 41.3 Å². The highest BCUT2D eigenvalue weighted by molar-refractivity contribution is 7.99. The minimum absolute atomic E-state index is 0.343. The fourth-order valence-electron chi connectivity index (χ4n) is 1.64. The van der Waals surface area contributed by atoms with Gasteiger partial charge in [-0.1, -0.05) is 6.08 Å². The molecule has 2 unspecified atom stereocenters. The van der Waals surface area contributed by atoms with Gasteiger partial charge in [0.1, 0.15) is 0 Å². The van der Waals surface area contributed by atoms with E-state index in [9.17, 15) is 0 Å². The van der Waals surface area contributed by atoms with E-state index in [1.165, 1.54) is 11.5 Å². The highest BCUT2D eigenvalue weighted by Gasteiger charge is 2.26. The van der Waals surface area contributed by atoms with Gasteiger partial charge in [0.15, 0.2) is 0 Å². The van der Waals surface area contributed by atoms with Crippen molar-refractivity contribution < 1.29 is 0 Å². The SMILES string of the molecule is C=CCC(NN)C1CSCCN1C. The van der Waals surface area contributed by atoms with E-state index in [4.69, 9.17) is 5.84 Å². The maximum Gasteiger partial charge on any atom is 0.0408 e. The number of nitrogens with zero attached hydrogens (tertiary/aromatic N) is 1. The van der Waals surface area contributed by atoms with Crippen molar-refractivity contribution >= 4 is 11.8 Å². The first kappa shape index (κ1) is 11.0. The Morgan fingerprint density at radius 1 is 1.85 bits per heavy atom. The molecule has 0 aromatic carbocycles. The molecular formula is C9H19N3S. The van der Waals surface area contributed by atoms with Crippen LogP contribution in [0.15, 0.2) is 12.7 Å². The van der Waals surface area contributed by atoms with E-state index in [0.29, 0.717) is 12.1 Å². The van der Waals surface area contributed by atoms with Crippen molar-refractivity contribution in [2.45, 2.75) is 18.5 Å². The van der Waals surface area contributed by atoms with E-state index in [0.717, 1.165) is 13.0 Å². The molecule has 1 fully saturated rings. The van der Waals surface area contributed by atoms with Crippen molar-refractivity contribution in [1.82, 2.24) is 10.3 Å². The number of hydrogen-bond donors (Lipinski definition) is 2. The number of rotatable bonds is 4. The normalized spacial score (nSPS) is 27.1. The maximum atomic E-state index is 5.52. The number of nitrogens with one attached hydrogen (secondary N) is 1. The predicted octanol–water partition coefficient (Wildman–Crippen LogP) is 0.442. The Bertz CT molecular complexity index is 163. The molecule has 2 atom stereocenters. The van der Waals surface area contributed by atoms with E-state index < -0.39 is 0 Å². The molecule has 1 saturated heterocycles. The van der Waals surface area contributed by atoms with E-state index in [-0.39, 0.29) is 0 Å². The molecule has 0 aromatic rings. The van der Waals surface area contributed by atoms with Gasteiger partial charge in [-0.25, -0.2) is 0 Å². The Morgan fingerprint density at radius 2 is 2.62 bits per heavy atom. The summed E-state index contributed by atoms with van der Waals surface area (Å²) in [7, 11) is 2.16. The molecule has 1 aliphatic heterocycles. The van der Waals surface area contributed by atoms with Gasteiger partial charge in [0.05, 0.1) is 0 Å². The Kier molecular flexibility index (Phi) is 4.80. The first-order valence-corrected chi connectivity index (χ1v) is 5.80. The summed E-state index contributed by atoms with van der Waals surface area (Å²) in [5.41, 5.74) is 2.88. The smallest absolute Gasteiger partial charge is 0.0408 e. The summed E-state index contributed by atoms with van der Waals surface area (Å²) in [6.07, 6.45) is 2.86. The Morgan fingerprint density at radius 3 is 3.15 bits per heavy atom. The minimum Gasteiger partial charge on any atom is -0.300 e. The lowest BCUT2D eigenvalue weighted by molar-refractivity contribution is 0.216. The zero-order chi connectivity index (χ0) is 9.68. The molecule has 0 saturated carbocycles. The monoisotopic (exact) mass is 201 g/mol. The predicted molar refractivity (Wildman–Crippen MR) is 59.7 cm³/mol.